The minimum atomic E-state index is -0.266. The standard InChI is InChI=1S/C17H20N2O4/c1-10-8-19(9-11(2)23-10)17(21)14-7-18-15-6-12(22-3)4-5-13(15)16(14)20/h4-7,10-11H,8-9H2,1-3H3,(H,18,20)/t10-,11-/m1/s1. The SMILES string of the molecule is COc1ccc2c(=O)c(C(=O)N3C[C@@H](C)O[C@H](C)C3)c[nH]c2c1. The number of aromatic amines is 1. The van der Waals surface area contributed by atoms with Gasteiger partial charge in [0.2, 0.25) is 5.43 Å². The Morgan fingerprint density at radius 3 is 2.65 bits per heavy atom. The maximum atomic E-state index is 12.7. The molecule has 2 atom stereocenters. The number of pyridine rings is 1. The first-order chi connectivity index (χ1) is 11.0. The third kappa shape index (κ3) is 2.94. The van der Waals surface area contributed by atoms with Crippen LogP contribution in [0, 0.1) is 0 Å². The number of amides is 1. The van der Waals surface area contributed by atoms with Gasteiger partial charge in [0, 0.05) is 30.7 Å². The van der Waals surface area contributed by atoms with Crippen LogP contribution in [0.15, 0.2) is 29.2 Å². The van der Waals surface area contributed by atoms with Crippen molar-refractivity contribution in [2.75, 3.05) is 20.2 Å². The van der Waals surface area contributed by atoms with E-state index in [9.17, 15) is 9.59 Å². The van der Waals surface area contributed by atoms with Crippen LogP contribution in [0.4, 0.5) is 0 Å². The van der Waals surface area contributed by atoms with Gasteiger partial charge in [-0.2, -0.15) is 0 Å². The first-order valence-electron chi connectivity index (χ1n) is 7.63. The molecule has 0 unspecified atom stereocenters. The third-order valence-corrected chi connectivity index (χ3v) is 4.03. The lowest BCUT2D eigenvalue weighted by Crippen LogP contribution is -2.49. The topological polar surface area (TPSA) is 71.6 Å². The van der Waals surface area contributed by atoms with Gasteiger partial charge in [0.15, 0.2) is 0 Å². The lowest BCUT2D eigenvalue weighted by Gasteiger charge is -2.35. The number of methoxy groups -OCH3 is 1. The van der Waals surface area contributed by atoms with Gasteiger partial charge in [-0.3, -0.25) is 9.59 Å². The van der Waals surface area contributed by atoms with Crippen LogP contribution in [0.3, 0.4) is 0 Å². The molecule has 0 bridgehead atoms. The second-order valence-electron chi connectivity index (χ2n) is 5.91. The maximum absolute atomic E-state index is 12.7. The maximum Gasteiger partial charge on any atom is 0.259 e. The molecule has 1 fully saturated rings. The molecule has 1 aromatic carbocycles. The minimum absolute atomic E-state index is 0.0356. The molecule has 1 aromatic heterocycles. The van der Waals surface area contributed by atoms with Gasteiger partial charge in [-0.25, -0.2) is 0 Å². The van der Waals surface area contributed by atoms with Crippen molar-refractivity contribution in [1.29, 1.82) is 0 Å². The van der Waals surface area contributed by atoms with Gasteiger partial charge >= 0.3 is 0 Å². The average molecular weight is 316 g/mol. The largest absolute Gasteiger partial charge is 0.497 e. The summed E-state index contributed by atoms with van der Waals surface area (Å²) in [6.07, 6.45) is 1.41. The van der Waals surface area contributed by atoms with Gasteiger partial charge in [-0.05, 0) is 26.0 Å². The number of hydrogen-bond donors (Lipinski definition) is 1. The summed E-state index contributed by atoms with van der Waals surface area (Å²) in [5.41, 5.74) is 0.539. The summed E-state index contributed by atoms with van der Waals surface area (Å²) in [5.74, 6) is 0.397. The van der Waals surface area contributed by atoms with Crippen molar-refractivity contribution in [1.82, 2.24) is 9.88 Å². The zero-order chi connectivity index (χ0) is 16.6. The normalized spacial score (nSPS) is 21.4. The van der Waals surface area contributed by atoms with Crippen LogP contribution < -0.4 is 10.2 Å². The molecule has 1 N–H and O–H groups in total. The van der Waals surface area contributed by atoms with Crippen LogP contribution in [0.2, 0.25) is 0 Å². The summed E-state index contributed by atoms with van der Waals surface area (Å²) in [4.78, 5) is 30.0. The molecule has 1 amide bonds. The highest BCUT2D eigenvalue weighted by atomic mass is 16.5. The molecule has 6 heteroatoms. The number of fused-ring (bicyclic) bond motifs is 1. The molecule has 0 saturated carbocycles. The lowest BCUT2D eigenvalue weighted by molar-refractivity contribution is -0.0586. The smallest absolute Gasteiger partial charge is 0.259 e. The molecular formula is C17H20N2O4. The van der Waals surface area contributed by atoms with Gasteiger partial charge in [-0.15, -0.1) is 0 Å². The zero-order valence-corrected chi connectivity index (χ0v) is 13.5. The van der Waals surface area contributed by atoms with Gasteiger partial charge in [0.1, 0.15) is 11.3 Å². The van der Waals surface area contributed by atoms with Crippen LogP contribution in [0.5, 0.6) is 5.75 Å². The quantitative estimate of drug-likeness (QED) is 0.917. The Labute approximate surface area is 134 Å². The number of ether oxygens (including phenoxy) is 2. The second kappa shape index (κ2) is 6.04. The molecule has 0 spiro atoms. The molecular weight excluding hydrogens is 296 g/mol. The molecule has 0 radical (unpaired) electrons. The second-order valence-corrected chi connectivity index (χ2v) is 5.91. The van der Waals surface area contributed by atoms with Crippen LogP contribution in [0.1, 0.15) is 24.2 Å². The predicted molar refractivity (Wildman–Crippen MR) is 87.0 cm³/mol. The van der Waals surface area contributed by atoms with Crippen LogP contribution in [-0.4, -0.2) is 48.2 Å². The number of nitrogens with zero attached hydrogens (tertiary/aromatic N) is 1. The Morgan fingerprint density at radius 2 is 2.00 bits per heavy atom. The molecule has 6 nitrogen and oxygen atoms in total. The van der Waals surface area contributed by atoms with Crippen LogP contribution >= 0.6 is 0 Å². The number of carbonyl (C=O) groups excluding carboxylic acids is 1. The fraction of sp³-hybridized carbons (Fsp3) is 0.412. The highest BCUT2D eigenvalue weighted by Gasteiger charge is 2.28. The summed E-state index contributed by atoms with van der Waals surface area (Å²) in [6, 6.07) is 5.13. The molecule has 1 saturated heterocycles. The van der Waals surface area contributed by atoms with Crippen molar-refractivity contribution >= 4 is 16.8 Å². The summed E-state index contributed by atoms with van der Waals surface area (Å²) in [5, 5.41) is 0.478. The average Bonchev–Trinajstić information content (AvgIpc) is 2.53. The monoisotopic (exact) mass is 316 g/mol. The fourth-order valence-electron chi connectivity index (χ4n) is 3.00. The molecule has 1 aliphatic heterocycles. The van der Waals surface area contributed by atoms with Crippen LogP contribution in [0.25, 0.3) is 10.9 Å². The van der Waals surface area contributed by atoms with E-state index in [0.29, 0.717) is 29.7 Å². The number of morpholine rings is 1. The molecule has 122 valence electrons. The first-order valence-corrected chi connectivity index (χ1v) is 7.63. The van der Waals surface area contributed by atoms with E-state index >= 15 is 0 Å². The van der Waals surface area contributed by atoms with Gasteiger partial charge in [0.05, 0.1) is 24.8 Å². The highest BCUT2D eigenvalue weighted by Crippen LogP contribution is 2.18. The fourth-order valence-corrected chi connectivity index (χ4v) is 3.00. The van der Waals surface area contributed by atoms with Crippen molar-refractivity contribution < 1.29 is 14.3 Å². The van der Waals surface area contributed by atoms with Crippen molar-refractivity contribution in [2.45, 2.75) is 26.1 Å². The summed E-state index contributed by atoms with van der Waals surface area (Å²) in [7, 11) is 1.57. The number of hydrogen-bond acceptors (Lipinski definition) is 4. The van der Waals surface area contributed by atoms with E-state index in [1.165, 1.54) is 6.20 Å². The third-order valence-electron chi connectivity index (χ3n) is 4.03. The van der Waals surface area contributed by atoms with Crippen molar-refractivity contribution in [3.05, 3.63) is 40.2 Å². The van der Waals surface area contributed by atoms with E-state index in [1.807, 2.05) is 13.8 Å². The lowest BCUT2D eigenvalue weighted by atomic mass is 10.1. The minimum Gasteiger partial charge on any atom is -0.497 e. The molecule has 1 aliphatic rings. The Balaban J connectivity index is 1.98. The Hall–Kier alpha value is -2.34. The van der Waals surface area contributed by atoms with Crippen molar-refractivity contribution in [3.63, 3.8) is 0 Å². The number of rotatable bonds is 2. The Bertz CT molecular complexity index is 789. The van der Waals surface area contributed by atoms with E-state index in [2.05, 4.69) is 4.98 Å². The number of nitrogens with one attached hydrogen (secondary N) is 1. The summed E-state index contributed by atoms with van der Waals surface area (Å²) in [6.45, 7) is 4.83. The van der Waals surface area contributed by atoms with Crippen molar-refractivity contribution in [3.8, 4) is 5.75 Å². The highest BCUT2D eigenvalue weighted by molar-refractivity contribution is 5.97. The van der Waals surface area contributed by atoms with E-state index in [4.69, 9.17) is 9.47 Å². The Morgan fingerprint density at radius 1 is 1.30 bits per heavy atom. The number of H-pyrrole nitrogens is 1. The molecule has 2 aromatic rings. The zero-order valence-electron chi connectivity index (χ0n) is 13.5. The van der Waals surface area contributed by atoms with E-state index < -0.39 is 0 Å². The van der Waals surface area contributed by atoms with Crippen LogP contribution in [-0.2, 0) is 4.74 Å². The first kappa shape index (κ1) is 15.6. The van der Waals surface area contributed by atoms with E-state index in [-0.39, 0.29) is 29.1 Å². The predicted octanol–water partition coefficient (Wildman–Crippen LogP) is 1.79. The van der Waals surface area contributed by atoms with Crippen molar-refractivity contribution in [2.24, 2.45) is 0 Å². The Kier molecular flexibility index (Phi) is 4.09. The summed E-state index contributed by atoms with van der Waals surface area (Å²) < 4.78 is 10.8. The number of carbonyl (C=O) groups is 1. The molecule has 3 rings (SSSR count). The number of benzene rings is 1. The molecule has 2 heterocycles. The van der Waals surface area contributed by atoms with Gasteiger partial charge < -0.3 is 19.4 Å². The number of aromatic nitrogens is 1. The van der Waals surface area contributed by atoms with E-state index in [1.54, 1.807) is 30.2 Å². The van der Waals surface area contributed by atoms with E-state index in [0.717, 1.165) is 0 Å². The van der Waals surface area contributed by atoms with Gasteiger partial charge in [-0.1, -0.05) is 0 Å². The summed E-state index contributed by atoms with van der Waals surface area (Å²) >= 11 is 0. The molecule has 23 heavy (non-hydrogen) atoms. The molecule has 0 aliphatic carbocycles. The van der Waals surface area contributed by atoms with Gasteiger partial charge in [0.25, 0.3) is 5.91 Å².